The number of fused-ring (bicyclic) bond motifs is 1. The molecule has 1 N–H and O–H groups in total. The highest BCUT2D eigenvalue weighted by molar-refractivity contribution is 5.85. The van der Waals surface area contributed by atoms with E-state index in [0.717, 1.165) is 16.7 Å². The number of aliphatic carboxylic acids is 1. The molecule has 0 unspecified atom stereocenters. The van der Waals surface area contributed by atoms with Crippen LogP contribution in [-0.2, 0) is 29.0 Å². The number of hydrogen-bond donors (Lipinski definition) is 1. The summed E-state index contributed by atoms with van der Waals surface area (Å²) < 4.78 is 5.47. The molecule has 0 aliphatic carbocycles. The minimum absolute atomic E-state index is 0.00226. The maximum atomic E-state index is 12.8. The van der Waals surface area contributed by atoms with Crippen LogP contribution in [-0.4, -0.2) is 32.9 Å². The number of carboxylic acids is 1. The molecular formula is C21H18N2O4. The maximum absolute atomic E-state index is 12.8. The summed E-state index contributed by atoms with van der Waals surface area (Å²) in [5.41, 5.74) is 3.27. The van der Waals surface area contributed by atoms with Crippen molar-refractivity contribution >= 4 is 11.9 Å². The van der Waals surface area contributed by atoms with Crippen molar-refractivity contribution in [2.75, 3.05) is 0 Å². The van der Waals surface area contributed by atoms with Gasteiger partial charge in [-0.15, -0.1) is 0 Å². The van der Waals surface area contributed by atoms with Crippen LogP contribution in [0.25, 0.3) is 11.5 Å². The first-order valence-corrected chi connectivity index (χ1v) is 8.70. The van der Waals surface area contributed by atoms with E-state index in [4.69, 9.17) is 4.42 Å². The number of carbonyl (C=O) groups excluding carboxylic acids is 1. The smallest absolute Gasteiger partial charge is 0.326 e. The summed E-state index contributed by atoms with van der Waals surface area (Å²) in [6.07, 6.45) is 1.77. The van der Waals surface area contributed by atoms with E-state index in [9.17, 15) is 14.7 Å². The number of nitrogens with zero attached hydrogens (tertiary/aromatic N) is 2. The van der Waals surface area contributed by atoms with E-state index in [1.165, 1.54) is 11.2 Å². The zero-order chi connectivity index (χ0) is 18.8. The molecule has 0 radical (unpaired) electrons. The number of oxazole rings is 1. The number of aromatic nitrogens is 1. The fourth-order valence-electron chi connectivity index (χ4n) is 3.36. The Hall–Kier alpha value is -3.41. The molecule has 0 saturated heterocycles. The highest BCUT2D eigenvalue weighted by Gasteiger charge is 2.34. The molecule has 1 aromatic heterocycles. The van der Waals surface area contributed by atoms with Gasteiger partial charge in [0.1, 0.15) is 12.3 Å². The second-order valence-electron chi connectivity index (χ2n) is 6.54. The molecule has 1 aliphatic heterocycles. The molecule has 0 bridgehead atoms. The van der Waals surface area contributed by atoms with Crippen LogP contribution in [0.15, 0.2) is 65.3 Å². The highest BCUT2D eigenvalue weighted by atomic mass is 16.4. The van der Waals surface area contributed by atoms with Gasteiger partial charge in [0.25, 0.3) is 0 Å². The van der Waals surface area contributed by atoms with Gasteiger partial charge in [0.15, 0.2) is 0 Å². The SMILES string of the molecule is O=C(O)[C@H]1Cc2ccccc2CN1C(=O)Cc1coc(-c2ccccc2)n1. The number of rotatable bonds is 4. The summed E-state index contributed by atoms with van der Waals surface area (Å²) in [6.45, 7) is 0.287. The van der Waals surface area contributed by atoms with Crippen LogP contribution in [0.1, 0.15) is 16.8 Å². The molecule has 0 spiro atoms. The van der Waals surface area contributed by atoms with Crippen molar-refractivity contribution in [1.29, 1.82) is 0 Å². The Labute approximate surface area is 156 Å². The first-order chi connectivity index (χ1) is 13.1. The minimum atomic E-state index is -0.997. The number of carbonyl (C=O) groups is 2. The van der Waals surface area contributed by atoms with Crippen LogP contribution < -0.4 is 0 Å². The van der Waals surface area contributed by atoms with Gasteiger partial charge in [-0.1, -0.05) is 42.5 Å². The van der Waals surface area contributed by atoms with Crippen molar-refractivity contribution in [3.8, 4) is 11.5 Å². The average molecular weight is 362 g/mol. The van der Waals surface area contributed by atoms with Crippen molar-refractivity contribution in [2.24, 2.45) is 0 Å². The van der Waals surface area contributed by atoms with Gasteiger partial charge in [-0.25, -0.2) is 9.78 Å². The number of amides is 1. The van der Waals surface area contributed by atoms with Crippen LogP contribution in [0, 0.1) is 0 Å². The summed E-state index contributed by atoms with van der Waals surface area (Å²) in [5, 5.41) is 9.57. The van der Waals surface area contributed by atoms with Crippen LogP contribution in [0.5, 0.6) is 0 Å². The third kappa shape index (κ3) is 3.46. The molecule has 1 amide bonds. The van der Waals surface area contributed by atoms with Crippen molar-refractivity contribution < 1.29 is 19.1 Å². The lowest BCUT2D eigenvalue weighted by Crippen LogP contribution is -2.49. The van der Waals surface area contributed by atoms with E-state index < -0.39 is 12.0 Å². The van der Waals surface area contributed by atoms with E-state index >= 15 is 0 Å². The Kier molecular flexibility index (Phi) is 4.46. The molecule has 6 heteroatoms. The van der Waals surface area contributed by atoms with Gasteiger partial charge in [0, 0.05) is 18.5 Å². The molecule has 4 rings (SSSR count). The van der Waals surface area contributed by atoms with E-state index in [1.54, 1.807) is 0 Å². The van der Waals surface area contributed by atoms with E-state index in [0.29, 0.717) is 18.0 Å². The summed E-state index contributed by atoms with van der Waals surface area (Å²) in [4.78, 5) is 30.3. The fourth-order valence-corrected chi connectivity index (χ4v) is 3.36. The maximum Gasteiger partial charge on any atom is 0.326 e. The summed E-state index contributed by atoms with van der Waals surface area (Å²) >= 11 is 0. The molecule has 2 heterocycles. The second-order valence-corrected chi connectivity index (χ2v) is 6.54. The standard InChI is InChI=1S/C21H18N2O4/c24-19(11-17-13-27-20(22-17)14-6-2-1-3-7-14)23-12-16-9-5-4-8-15(16)10-18(23)21(25)26/h1-9,13,18H,10-12H2,(H,25,26)/t18-/m1/s1. The summed E-state index contributed by atoms with van der Waals surface area (Å²) in [5.74, 6) is -0.829. The average Bonchev–Trinajstić information content (AvgIpc) is 3.16. The Morgan fingerprint density at radius 3 is 2.52 bits per heavy atom. The predicted molar refractivity (Wildman–Crippen MR) is 97.8 cm³/mol. The van der Waals surface area contributed by atoms with Gasteiger partial charge in [0.05, 0.1) is 12.1 Å². The summed E-state index contributed by atoms with van der Waals surface area (Å²) in [6, 6.07) is 16.2. The van der Waals surface area contributed by atoms with Gasteiger partial charge in [-0.3, -0.25) is 4.79 Å². The van der Waals surface area contributed by atoms with Crippen LogP contribution in [0.4, 0.5) is 0 Å². The fraction of sp³-hybridized carbons (Fsp3) is 0.190. The van der Waals surface area contributed by atoms with Crippen LogP contribution in [0.3, 0.4) is 0 Å². The second kappa shape index (κ2) is 7.07. The highest BCUT2D eigenvalue weighted by Crippen LogP contribution is 2.25. The van der Waals surface area contributed by atoms with Gasteiger partial charge in [-0.2, -0.15) is 0 Å². The van der Waals surface area contributed by atoms with E-state index in [2.05, 4.69) is 4.98 Å². The lowest BCUT2D eigenvalue weighted by Gasteiger charge is -2.34. The Balaban J connectivity index is 1.54. The molecule has 0 saturated carbocycles. The molecule has 1 aliphatic rings. The lowest BCUT2D eigenvalue weighted by molar-refractivity contribution is -0.151. The monoisotopic (exact) mass is 362 g/mol. The number of hydrogen-bond acceptors (Lipinski definition) is 4. The number of carboxylic acid groups (broad SMARTS) is 1. The molecular weight excluding hydrogens is 344 g/mol. The Morgan fingerprint density at radius 1 is 1.07 bits per heavy atom. The molecule has 2 aromatic carbocycles. The van der Waals surface area contributed by atoms with Gasteiger partial charge in [-0.05, 0) is 23.3 Å². The van der Waals surface area contributed by atoms with Crippen LogP contribution >= 0.6 is 0 Å². The van der Waals surface area contributed by atoms with Gasteiger partial charge in [0.2, 0.25) is 11.8 Å². The van der Waals surface area contributed by atoms with Crippen molar-refractivity contribution in [3.63, 3.8) is 0 Å². The van der Waals surface area contributed by atoms with E-state index in [-0.39, 0.29) is 18.9 Å². The molecule has 136 valence electrons. The quantitative estimate of drug-likeness (QED) is 0.771. The zero-order valence-corrected chi connectivity index (χ0v) is 14.5. The molecule has 27 heavy (non-hydrogen) atoms. The third-order valence-electron chi connectivity index (χ3n) is 4.76. The molecule has 6 nitrogen and oxygen atoms in total. The van der Waals surface area contributed by atoms with Gasteiger partial charge >= 0.3 is 5.97 Å². The molecule has 1 atom stereocenters. The largest absolute Gasteiger partial charge is 0.480 e. The summed E-state index contributed by atoms with van der Waals surface area (Å²) in [7, 11) is 0. The Morgan fingerprint density at radius 2 is 1.78 bits per heavy atom. The normalized spacial score (nSPS) is 16.0. The third-order valence-corrected chi connectivity index (χ3v) is 4.76. The topological polar surface area (TPSA) is 83.6 Å². The van der Waals surface area contributed by atoms with Crippen molar-refractivity contribution in [1.82, 2.24) is 9.88 Å². The Bertz CT molecular complexity index is 981. The lowest BCUT2D eigenvalue weighted by atomic mass is 9.93. The van der Waals surface area contributed by atoms with Crippen molar-refractivity contribution in [3.05, 3.63) is 77.7 Å². The molecule has 3 aromatic rings. The van der Waals surface area contributed by atoms with Crippen LogP contribution in [0.2, 0.25) is 0 Å². The van der Waals surface area contributed by atoms with Crippen molar-refractivity contribution in [2.45, 2.75) is 25.4 Å². The van der Waals surface area contributed by atoms with E-state index in [1.807, 2.05) is 54.6 Å². The molecule has 0 fully saturated rings. The first-order valence-electron chi connectivity index (χ1n) is 8.70. The number of benzene rings is 2. The first kappa shape index (κ1) is 17.0. The predicted octanol–water partition coefficient (Wildman–Crippen LogP) is 2.92. The zero-order valence-electron chi connectivity index (χ0n) is 14.5. The van der Waals surface area contributed by atoms with Gasteiger partial charge < -0.3 is 14.4 Å². The minimum Gasteiger partial charge on any atom is -0.480 e.